The predicted octanol–water partition coefficient (Wildman–Crippen LogP) is 4.59. The first-order valence-electron chi connectivity index (χ1n) is 13.1. The van der Waals surface area contributed by atoms with Crippen LogP contribution < -0.4 is 26.4 Å². The van der Waals surface area contributed by atoms with Gasteiger partial charge in [0.15, 0.2) is 0 Å². The number of amides is 3. The molecule has 8 heteroatoms. The van der Waals surface area contributed by atoms with E-state index in [4.69, 9.17) is 0 Å². The molecule has 2 aliphatic rings. The molecule has 0 spiro atoms. The van der Waals surface area contributed by atoms with Gasteiger partial charge in [0.2, 0.25) is 0 Å². The summed E-state index contributed by atoms with van der Waals surface area (Å²) in [5.41, 5.74) is 4.85. The summed E-state index contributed by atoms with van der Waals surface area (Å²) < 4.78 is 1.90. The van der Waals surface area contributed by atoms with Crippen molar-refractivity contribution in [1.29, 1.82) is 0 Å². The molecule has 2 aliphatic heterocycles. The third-order valence-electron chi connectivity index (χ3n) is 7.35. The molecule has 1 aromatic heterocycles. The molecule has 1 saturated heterocycles. The zero-order valence-electron chi connectivity index (χ0n) is 21.6. The standard InChI is InChI=1S/C30H33N5O3/c1-3-14-31-29(37)22-10-13-27(25(16-22)33-30(38)32-24-11-8-20(4-2)9-12-24)34-17-21-15-23(19-34)26-6-5-7-28(36)35(26)18-21/h3,5-13,16,21,23H,1,4,14-15,17-19H2,2H3,(H,31,37)(H2,32,33,38)/t21-,23+/m1/s1. The zero-order chi connectivity index (χ0) is 26.6. The fourth-order valence-electron chi connectivity index (χ4n) is 5.52. The lowest BCUT2D eigenvalue weighted by molar-refractivity contribution is 0.0958. The summed E-state index contributed by atoms with van der Waals surface area (Å²) in [6.07, 6.45) is 3.57. The molecule has 8 nitrogen and oxygen atoms in total. The van der Waals surface area contributed by atoms with E-state index in [0.717, 1.165) is 37.3 Å². The van der Waals surface area contributed by atoms with Crippen molar-refractivity contribution in [3.05, 3.63) is 100 Å². The normalized spacial score (nSPS) is 17.8. The van der Waals surface area contributed by atoms with Crippen LogP contribution in [0.3, 0.4) is 0 Å². The van der Waals surface area contributed by atoms with Crippen molar-refractivity contribution in [3.63, 3.8) is 0 Å². The Kier molecular flexibility index (Phi) is 7.31. The van der Waals surface area contributed by atoms with Gasteiger partial charge in [-0.05, 0) is 60.7 Å². The van der Waals surface area contributed by atoms with Crippen LogP contribution in [-0.4, -0.2) is 36.1 Å². The Bertz CT molecular complexity index is 1410. The predicted molar refractivity (Wildman–Crippen MR) is 151 cm³/mol. The molecular weight excluding hydrogens is 478 g/mol. The Labute approximate surface area is 222 Å². The number of aromatic nitrogens is 1. The van der Waals surface area contributed by atoms with Crippen LogP contribution in [0.4, 0.5) is 21.9 Å². The van der Waals surface area contributed by atoms with E-state index in [1.54, 1.807) is 24.3 Å². The molecule has 3 amide bonds. The average molecular weight is 512 g/mol. The number of nitrogens with one attached hydrogen (secondary N) is 3. The maximum absolute atomic E-state index is 13.0. The molecule has 3 N–H and O–H groups in total. The van der Waals surface area contributed by atoms with Gasteiger partial charge < -0.3 is 25.4 Å². The number of nitrogens with zero attached hydrogens (tertiary/aromatic N) is 2. The summed E-state index contributed by atoms with van der Waals surface area (Å²) in [6.45, 7) is 8.25. The molecule has 0 aliphatic carbocycles. The second-order valence-corrected chi connectivity index (χ2v) is 9.96. The molecule has 2 aromatic carbocycles. The number of aryl methyl sites for hydroxylation is 1. The van der Waals surface area contributed by atoms with Crippen molar-refractivity contribution >= 4 is 29.0 Å². The van der Waals surface area contributed by atoms with Gasteiger partial charge in [-0.25, -0.2) is 4.79 Å². The maximum Gasteiger partial charge on any atom is 0.323 e. The minimum Gasteiger partial charge on any atom is -0.369 e. The topological polar surface area (TPSA) is 95.5 Å². The van der Waals surface area contributed by atoms with E-state index in [9.17, 15) is 14.4 Å². The van der Waals surface area contributed by atoms with Crippen LogP contribution in [0.15, 0.2) is 78.1 Å². The number of hydrogen-bond donors (Lipinski definition) is 3. The number of benzene rings is 2. The van der Waals surface area contributed by atoms with Crippen LogP contribution in [0.1, 0.15) is 40.9 Å². The van der Waals surface area contributed by atoms with E-state index in [-0.39, 0.29) is 23.4 Å². The minimum atomic E-state index is -0.381. The van der Waals surface area contributed by atoms with E-state index in [1.807, 2.05) is 47.0 Å². The van der Waals surface area contributed by atoms with Crippen LogP contribution in [0.2, 0.25) is 0 Å². The van der Waals surface area contributed by atoms with E-state index in [2.05, 4.69) is 34.4 Å². The number of anilines is 3. The van der Waals surface area contributed by atoms with E-state index in [0.29, 0.717) is 35.9 Å². The van der Waals surface area contributed by atoms with Crippen molar-refractivity contribution in [2.75, 3.05) is 35.2 Å². The van der Waals surface area contributed by atoms with Crippen LogP contribution in [0.25, 0.3) is 0 Å². The lowest BCUT2D eigenvalue weighted by Crippen LogP contribution is -2.47. The number of piperidine rings is 1. The Morgan fingerprint density at radius 2 is 1.84 bits per heavy atom. The molecular formula is C30H33N5O3. The van der Waals surface area contributed by atoms with Gasteiger partial charge >= 0.3 is 6.03 Å². The number of fused-ring (bicyclic) bond motifs is 4. The second kappa shape index (κ2) is 11.0. The van der Waals surface area contributed by atoms with Crippen molar-refractivity contribution in [2.24, 2.45) is 5.92 Å². The third kappa shape index (κ3) is 5.34. The average Bonchev–Trinajstić information content (AvgIpc) is 2.92. The number of rotatable bonds is 7. The van der Waals surface area contributed by atoms with E-state index >= 15 is 0 Å². The zero-order valence-corrected chi connectivity index (χ0v) is 21.6. The quantitative estimate of drug-likeness (QED) is 0.404. The molecule has 1 fully saturated rings. The van der Waals surface area contributed by atoms with Crippen molar-refractivity contribution in [1.82, 2.24) is 9.88 Å². The minimum absolute atomic E-state index is 0.0477. The number of pyridine rings is 1. The molecule has 0 saturated carbocycles. The van der Waals surface area contributed by atoms with Crippen LogP contribution in [-0.2, 0) is 13.0 Å². The molecule has 5 rings (SSSR count). The van der Waals surface area contributed by atoms with Gasteiger partial charge in [-0.1, -0.05) is 31.2 Å². The monoisotopic (exact) mass is 511 g/mol. The lowest BCUT2D eigenvalue weighted by atomic mass is 9.83. The smallest absolute Gasteiger partial charge is 0.323 e. The Morgan fingerprint density at radius 1 is 1.03 bits per heavy atom. The fourth-order valence-corrected chi connectivity index (χ4v) is 5.52. The van der Waals surface area contributed by atoms with Gasteiger partial charge in [0.25, 0.3) is 11.5 Å². The highest BCUT2D eigenvalue weighted by Gasteiger charge is 2.35. The van der Waals surface area contributed by atoms with Gasteiger partial charge in [0.1, 0.15) is 0 Å². The molecule has 3 heterocycles. The highest BCUT2D eigenvalue weighted by molar-refractivity contribution is 6.04. The van der Waals surface area contributed by atoms with Crippen LogP contribution in [0.5, 0.6) is 0 Å². The first kappa shape index (κ1) is 25.3. The number of carbonyl (C=O) groups excluding carboxylic acids is 2. The molecule has 2 atom stereocenters. The van der Waals surface area contributed by atoms with Crippen LogP contribution in [0, 0.1) is 5.92 Å². The highest BCUT2D eigenvalue weighted by Crippen LogP contribution is 2.39. The highest BCUT2D eigenvalue weighted by atomic mass is 16.2. The Morgan fingerprint density at radius 3 is 2.61 bits per heavy atom. The Balaban J connectivity index is 1.42. The SMILES string of the molecule is C=CCNC(=O)c1ccc(N2C[C@H]3C[C@@H](C2)c2cccc(=O)n2C3)c(NC(=O)Nc2ccc(CC)cc2)c1. The number of hydrogen-bond acceptors (Lipinski definition) is 4. The van der Waals surface area contributed by atoms with Gasteiger partial charge in [-0.2, -0.15) is 0 Å². The summed E-state index contributed by atoms with van der Waals surface area (Å²) in [7, 11) is 0. The van der Waals surface area contributed by atoms with Crippen molar-refractivity contribution in [2.45, 2.75) is 32.2 Å². The molecule has 196 valence electrons. The van der Waals surface area contributed by atoms with Gasteiger partial charge in [0, 0.05) is 55.1 Å². The maximum atomic E-state index is 13.0. The molecule has 0 radical (unpaired) electrons. The Hall–Kier alpha value is -4.33. The molecule has 3 aromatic rings. The lowest BCUT2D eigenvalue weighted by Gasteiger charge is -2.44. The largest absolute Gasteiger partial charge is 0.369 e. The summed E-state index contributed by atoms with van der Waals surface area (Å²) in [5.74, 6) is 0.292. The van der Waals surface area contributed by atoms with E-state index in [1.165, 1.54) is 5.56 Å². The second-order valence-electron chi connectivity index (χ2n) is 9.96. The molecule has 38 heavy (non-hydrogen) atoms. The van der Waals surface area contributed by atoms with Gasteiger partial charge in [-0.3, -0.25) is 9.59 Å². The molecule has 0 unspecified atom stereocenters. The van der Waals surface area contributed by atoms with Crippen molar-refractivity contribution in [3.8, 4) is 0 Å². The first-order valence-corrected chi connectivity index (χ1v) is 13.1. The van der Waals surface area contributed by atoms with E-state index < -0.39 is 0 Å². The first-order chi connectivity index (χ1) is 18.4. The van der Waals surface area contributed by atoms with Crippen LogP contribution >= 0.6 is 0 Å². The van der Waals surface area contributed by atoms with Gasteiger partial charge in [-0.15, -0.1) is 6.58 Å². The van der Waals surface area contributed by atoms with Crippen molar-refractivity contribution < 1.29 is 9.59 Å². The third-order valence-corrected chi connectivity index (χ3v) is 7.35. The summed E-state index contributed by atoms with van der Waals surface area (Å²) in [4.78, 5) is 40.4. The number of carbonyl (C=O) groups is 2. The summed E-state index contributed by atoms with van der Waals surface area (Å²) in [5, 5.41) is 8.67. The summed E-state index contributed by atoms with van der Waals surface area (Å²) in [6, 6.07) is 18.2. The molecule has 2 bridgehead atoms. The number of urea groups is 1. The summed E-state index contributed by atoms with van der Waals surface area (Å²) >= 11 is 0. The fraction of sp³-hybridized carbons (Fsp3) is 0.300. The van der Waals surface area contributed by atoms with Gasteiger partial charge in [0.05, 0.1) is 11.4 Å².